The van der Waals surface area contributed by atoms with Crippen molar-refractivity contribution in [2.75, 3.05) is 39.3 Å². The molecule has 2 heterocycles. The molecule has 3 aliphatic rings. The van der Waals surface area contributed by atoms with Gasteiger partial charge >= 0.3 is 0 Å². The minimum absolute atomic E-state index is 0.223. The monoisotopic (exact) mass is 378 g/mol. The fraction of sp³-hybridized carbons (Fsp3) is 0.864. The van der Waals surface area contributed by atoms with Gasteiger partial charge in [-0.3, -0.25) is 9.69 Å². The summed E-state index contributed by atoms with van der Waals surface area (Å²) in [5, 5.41) is 12.2. The average Bonchev–Trinajstić information content (AvgIpc) is 2.69. The van der Waals surface area contributed by atoms with Gasteiger partial charge in [-0.05, 0) is 43.9 Å². The molecule has 27 heavy (non-hydrogen) atoms. The van der Waals surface area contributed by atoms with Crippen LogP contribution in [-0.4, -0.2) is 66.3 Å². The SMILES string of the molecule is CC1=CC(CO)C(C(C)C)CC1CC(=O)N1CCN(C2CCCC[NH2+]2)CC1. The number of hydrogen-bond donors (Lipinski definition) is 2. The topological polar surface area (TPSA) is 60.4 Å². The predicted molar refractivity (Wildman–Crippen MR) is 108 cm³/mol. The molecule has 154 valence electrons. The Morgan fingerprint density at radius 3 is 2.59 bits per heavy atom. The lowest BCUT2D eigenvalue weighted by Crippen LogP contribution is -2.95. The number of nitrogens with two attached hydrogens (primary N) is 1. The molecule has 4 atom stereocenters. The number of rotatable bonds is 5. The van der Waals surface area contributed by atoms with Crippen molar-refractivity contribution in [3.05, 3.63) is 11.6 Å². The molecular weight excluding hydrogens is 338 g/mol. The summed E-state index contributed by atoms with van der Waals surface area (Å²) in [4.78, 5) is 17.6. The molecule has 2 fully saturated rings. The van der Waals surface area contributed by atoms with Crippen molar-refractivity contribution < 1.29 is 15.2 Å². The van der Waals surface area contributed by atoms with E-state index in [-0.39, 0.29) is 12.5 Å². The number of aliphatic hydroxyl groups is 1. The molecule has 0 spiro atoms. The summed E-state index contributed by atoms with van der Waals surface area (Å²) in [5.41, 5.74) is 1.30. The van der Waals surface area contributed by atoms with Gasteiger partial charge in [0.15, 0.2) is 0 Å². The summed E-state index contributed by atoms with van der Waals surface area (Å²) in [7, 11) is 0. The second-order valence-electron chi connectivity index (χ2n) is 9.31. The first kappa shape index (κ1) is 20.8. The third kappa shape index (κ3) is 5.12. The lowest BCUT2D eigenvalue weighted by Gasteiger charge is -2.40. The quantitative estimate of drug-likeness (QED) is 0.712. The van der Waals surface area contributed by atoms with E-state index >= 15 is 0 Å². The molecular formula is C22H40N3O2+. The smallest absolute Gasteiger partial charge is 0.223 e. The van der Waals surface area contributed by atoms with Crippen LogP contribution in [0.5, 0.6) is 0 Å². The third-order valence-corrected chi connectivity index (χ3v) is 7.24. The number of hydrogen-bond acceptors (Lipinski definition) is 3. The van der Waals surface area contributed by atoms with Gasteiger partial charge in [0.05, 0.1) is 6.54 Å². The van der Waals surface area contributed by atoms with E-state index in [0.29, 0.717) is 36.2 Å². The minimum Gasteiger partial charge on any atom is -0.396 e. The van der Waals surface area contributed by atoms with Gasteiger partial charge in [-0.2, -0.15) is 0 Å². The molecule has 2 saturated heterocycles. The van der Waals surface area contributed by atoms with Crippen LogP contribution in [0.1, 0.15) is 52.9 Å². The van der Waals surface area contributed by atoms with Crippen molar-refractivity contribution in [3.8, 4) is 0 Å². The molecule has 0 bridgehead atoms. The molecule has 3 rings (SSSR count). The Labute approximate surface area is 165 Å². The Balaban J connectivity index is 1.51. The first-order chi connectivity index (χ1) is 13.0. The minimum atomic E-state index is 0.223. The summed E-state index contributed by atoms with van der Waals surface area (Å²) in [6.07, 6.45) is 8.54. The molecule has 1 aliphatic carbocycles. The molecule has 0 aromatic heterocycles. The van der Waals surface area contributed by atoms with E-state index < -0.39 is 0 Å². The zero-order chi connectivity index (χ0) is 19.4. The van der Waals surface area contributed by atoms with Crippen LogP contribution in [-0.2, 0) is 4.79 Å². The van der Waals surface area contributed by atoms with E-state index in [1.165, 1.54) is 31.4 Å². The molecule has 1 amide bonds. The fourth-order valence-electron chi connectivity index (χ4n) is 5.39. The lowest BCUT2D eigenvalue weighted by molar-refractivity contribution is -0.717. The maximum atomic E-state index is 12.9. The van der Waals surface area contributed by atoms with Gasteiger partial charge in [0.1, 0.15) is 6.17 Å². The highest BCUT2D eigenvalue weighted by molar-refractivity contribution is 5.77. The number of carbonyl (C=O) groups is 1. The van der Waals surface area contributed by atoms with Crippen LogP contribution in [0.15, 0.2) is 11.6 Å². The Morgan fingerprint density at radius 2 is 2.00 bits per heavy atom. The van der Waals surface area contributed by atoms with Crippen molar-refractivity contribution in [2.24, 2.45) is 23.7 Å². The van der Waals surface area contributed by atoms with Crippen molar-refractivity contribution in [2.45, 2.75) is 59.0 Å². The number of carbonyl (C=O) groups excluding carboxylic acids is 1. The Kier molecular flexibility index (Phi) is 7.35. The summed E-state index contributed by atoms with van der Waals surface area (Å²) in [5.74, 6) is 1.95. The normalized spacial score (nSPS) is 33.2. The van der Waals surface area contributed by atoms with E-state index in [1.807, 2.05) is 0 Å². The Morgan fingerprint density at radius 1 is 1.26 bits per heavy atom. The highest BCUT2D eigenvalue weighted by Crippen LogP contribution is 2.39. The summed E-state index contributed by atoms with van der Waals surface area (Å²) >= 11 is 0. The lowest BCUT2D eigenvalue weighted by atomic mass is 9.70. The Bertz CT molecular complexity index is 520. The molecule has 0 saturated carbocycles. The van der Waals surface area contributed by atoms with Crippen LogP contribution in [0.25, 0.3) is 0 Å². The third-order valence-electron chi connectivity index (χ3n) is 7.24. The van der Waals surface area contributed by atoms with E-state index in [0.717, 1.165) is 32.6 Å². The number of piperidine rings is 1. The van der Waals surface area contributed by atoms with Crippen molar-refractivity contribution in [1.82, 2.24) is 9.80 Å². The van der Waals surface area contributed by atoms with Gasteiger partial charge < -0.3 is 15.3 Å². The van der Waals surface area contributed by atoms with Crippen LogP contribution in [0.4, 0.5) is 0 Å². The molecule has 2 aliphatic heterocycles. The van der Waals surface area contributed by atoms with Crippen molar-refractivity contribution in [1.29, 1.82) is 0 Å². The van der Waals surface area contributed by atoms with Crippen LogP contribution in [0.3, 0.4) is 0 Å². The second kappa shape index (κ2) is 9.53. The maximum Gasteiger partial charge on any atom is 0.223 e. The molecule has 4 unspecified atom stereocenters. The predicted octanol–water partition coefficient (Wildman–Crippen LogP) is 1.44. The highest BCUT2D eigenvalue weighted by Gasteiger charge is 2.34. The van der Waals surface area contributed by atoms with Crippen molar-refractivity contribution >= 4 is 5.91 Å². The number of quaternary nitrogens is 1. The first-order valence-corrected chi connectivity index (χ1v) is 11.1. The largest absolute Gasteiger partial charge is 0.396 e. The number of piperazine rings is 1. The van der Waals surface area contributed by atoms with Crippen LogP contribution >= 0.6 is 0 Å². The zero-order valence-electron chi connectivity index (χ0n) is 17.6. The van der Waals surface area contributed by atoms with Gasteiger partial charge in [-0.15, -0.1) is 0 Å². The zero-order valence-corrected chi connectivity index (χ0v) is 17.6. The summed E-state index contributed by atoms with van der Waals surface area (Å²) < 4.78 is 0. The van der Waals surface area contributed by atoms with Gasteiger partial charge in [-0.1, -0.05) is 25.5 Å². The summed E-state index contributed by atoms with van der Waals surface area (Å²) in [6.45, 7) is 11.9. The standard InChI is InChI=1S/C22H39N3O2/c1-16(2)20-13-18(17(3)12-19(20)15-26)14-22(27)25-10-8-24(9-11-25)21-6-4-5-7-23-21/h12,16,18-21,23,26H,4-11,13-15H2,1-3H3/p+1. The van der Waals surface area contributed by atoms with E-state index in [9.17, 15) is 9.90 Å². The van der Waals surface area contributed by atoms with Crippen molar-refractivity contribution in [3.63, 3.8) is 0 Å². The maximum absolute atomic E-state index is 12.9. The molecule has 0 aromatic rings. The number of nitrogens with zero attached hydrogens (tertiary/aromatic N) is 2. The van der Waals surface area contributed by atoms with Gasteiger partial charge in [-0.25, -0.2) is 0 Å². The van der Waals surface area contributed by atoms with E-state index in [1.54, 1.807) is 0 Å². The molecule has 5 heteroatoms. The average molecular weight is 379 g/mol. The molecule has 3 N–H and O–H groups in total. The van der Waals surface area contributed by atoms with Crippen LogP contribution in [0.2, 0.25) is 0 Å². The molecule has 5 nitrogen and oxygen atoms in total. The Hall–Kier alpha value is -0.910. The van der Waals surface area contributed by atoms with Gasteiger partial charge in [0.25, 0.3) is 0 Å². The van der Waals surface area contributed by atoms with E-state index in [2.05, 4.69) is 42.0 Å². The highest BCUT2D eigenvalue weighted by atomic mass is 16.3. The summed E-state index contributed by atoms with van der Waals surface area (Å²) in [6, 6.07) is 0. The first-order valence-electron chi connectivity index (χ1n) is 11.1. The van der Waals surface area contributed by atoms with Gasteiger partial charge in [0, 0.05) is 51.5 Å². The van der Waals surface area contributed by atoms with Crippen LogP contribution < -0.4 is 5.32 Å². The number of amides is 1. The van der Waals surface area contributed by atoms with Crippen LogP contribution in [0, 0.1) is 23.7 Å². The molecule has 0 radical (unpaired) electrons. The number of allylic oxidation sites excluding steroid dienone is 1. The second-order valence-corrected chi connectivity index (χ2v) is 9.31. The van der Waals surface area contributed by atoms with E-state index in [4.69, 9.17) is 0 Å². The fourth-order valence-corrected chi connectivity index (χ4v) is 5.39. The molecule has 0 aromatic carbocycles. The number of aliphatic hydroxyl groups excluding tert-OH is 1. The van der Waals surface area contributed by atoms with Gasteiger partial charge in [0.2, 0.25) is 5.91 Å².